The van der Waals surface area contributed by atoms with Gasteiger partial charge in [0.25, 0.3) is 0 Å². The van der Waals surface area contributed by atoms with Crippen LogP contribution in [0.3, 0.4) is 0 Å². The van der Waals surface area contributed by atoms with E-state index in [1.54, 1.807) is 6.07 Å². The lowest BCUT2D eigenvalue weighted by Gasteiger charge is -2.07. The molecule has 0 aliphatic rings. The van der Waals surface area contributed by atoms with Crippen LogP contribution in [0.4, 0.5) is 5.69 Å². The molecule has 0 aliphatic carbocycles. The second-order valence-electron chi connectivity index (χ2n) is 2.44. The monoisotopic (exact) mass is 162 g/mol. The fourth-order valence-corrected chi connectivity index (χ4v) is 0.977. The lowest BCUT2D eigenvalue weighted by atomic mass is 10.2. The minimum absolute atomic E-state index is 0.0368. The molecule has 0 unspecified atom stereocenters. The second-order valence-corrected chi connectivity index (χ2v) is 2.44. The molecule has 1 aromatic carbocycles. The van der Waals surface area contributed by atoms with Crippen molar-refractivity contribution in [3.63, 3.8) is 0 Å². The molecule has 0 atom stereocenters. The zero-order chi connectivity index (χ0) is 8.97. The molecule has 0 aliphatic heterocycles. The highest BCUT2D eigenvalue weighted by Crippen LogP contribution is 2.24. The summed E-state index contributed by atoms with van der Waals surface area (Å²) in [4.78, 5) is 0. The molecule has 0 amide bonds. The van der Waals surface area contributed by atoms with Crippen molar-refractivity contribution in [1.29, 1.82) is 5.26 Å². The van der Waals surface area contributed by atoms with Gasteiger partial charge < -0.3 is 10.5 Å². The van der Waals surface area contributed by atoms with E-state index in [2.05, 4.69) is 0 Å². The van der Waals surface area contributed by atoms with Gasteiger partial charge in [0.15, 0.2) is 6.61 Å². The summed E-state index contributed by atoms with van der Waals surface area (Å²) in [5.74, 6) is 0.610. The molecule has 2 N–H and O–H groups in total. The minimum Gasteiger partial charge on any atom is -0.476 e. The van der Waals surface area contributed by atoms with E-state index in [9.17, 15) is 0 Å². The lowest BCUT2D eigenvalue weighted by Crippen LogP contribution is -1.99. The highest BCUT2D eigenvalue weighted by Gasteiger charge is 2.01. The maximum absolute atomic E-state index is 8.29. The molecule has 0 spiro atoms. The van der Waals surface area contributed by atoms with Crippen molar-refractivity contribution in [2.75, 3.05) is 12.3 Å². The molecule has 62 valence electrons. The molecule has 3 heteroatoms. The van der Waals surface area contributed by atoms with Crippen LogP contribution in [-0.2, 0) is 0 Å². The van der Waals surface area contributed by atoms with Gasteiger partial charge in [0.05, 0.1) is 5.69 Å². The second kappa shape index (κ2) is 3.63. The Morgan fingerprint density at radius 1 is 1.58 bits per heavy atom. The first-order chi connectivity index (χ1) is 5.75. The largest absolute Gasteiger partial charge is 0.476 e. The first-order valence-corrected chi connectivity index (χ1v) is 3.60. The van der Waals surface area contributed by atoms with Crippen LogP contribution in [-0.4, -0.2) is 6.61 Å². The molecule has 3 nitrogen and oxygen atoms in total. The number of hydrogen-bond acceptors (Lipinski definition) is 3. The standard InChI is InChI=1S/C9H10N2O/c1-7-3-2-4-8(11)9(7)12-6-5-10/h2-4H,6,11H2,1H3. The van der Waals surface area contributed by atoms with E-state index in [0.717, 1.165) is 5.56 Å². The number of ether oxygens (including phenoxy) is 1. The number of para-hydroxylation sites is 1. The lowest BCUT2D eigenvalue weighted by molar-refractivity contribution is 0.367. The van der Waals surface area contributed by atoms with Crippen molar-refractivity contribution < 1.29 is 4.74 Å². The first-order valence-electron chi connectivity index (χ1n) is 3.60. The maximum Gasteiger partial charge on any atom is 0.174 e. The van der Waals surface area contributed by atoms with E-state index in [1.165, 1.54) is 0 Å². The van der Waals surface area contributed by atoms with Crippen molar-refractivity contribution in [1.82, 2.24) is 0 Å². The SMILES string of the molecule is Cc1cccc(N)c1OCC#N. The number of rotatable bonds is 2. The van der Waals surface area contributed by atoms with E-state index in [-0.39, 0.29) is 6.61 Å². The van der Waals surface area contributed by atoms with Crippen LogP contribution in [0.25, 0.3) is 0 Å². The molecular formula is C9H10N2O. The molecule has 0 heterocycles. The smallest absolute Gasteiger partial charge is 0.174 e. The Labute approximate surface area is 71.4 Å². The van der Waals surface area contributed by atoms with Crippen molar-refractivity contribution >= 4 is 5.69 Å². The third-order valence-corrected chi connectivity index (χ3v) is 1.52. The number of nitrogens with zero attached hydrogens (tertiary/aromatic N) is 1. The number of benzene rings is 1. The molecule has 0 fully saturated rings. The van der Waals surface area contributed by atoms with Crippen LogP contribution in [0.1, 0.15) is 5.56 Å². The van der Waals surface area contributed by atoms with Gasteiger partial charge >= 0.3 is 0 Å². The van der Waals surface area contributed by atoms with Crippen molar-refractivity contribution in [2.24, 2.45) is 0 Å². The van der Waals surface area contributed by atoms with Crippen LogP contribution in [0.5, 0.6) is 5.75 Å². The summed E-state index contributed by atoms with van der Waals surface area (Å²) < 4.78 is 5.13. The maximum atomic E-state index is 8.29. The number of anilines is 1. The third kappa shape index (κ3) is 1.67. The highest BCUT2D eigenvalue weighted by atomic mass is 16.5. The Morgan fingerprint density at radius 2 is 2.33 bits per heavy atom. The number of nitrogen functional groups attached to an aromatic ring is 1. The summed E-state index contributed by atoms with van der Waals surface area (Å²) >= 11 is 0. The summed E-state index contributed by atoms with van der Waals surface area (Å²) in [7, 11) is 0. The van der Waals surface area contributed by atoms with Gasteiger partial charge in [0.2, 0.25) is 0 Å². The predicted octanol–water partition coefficient (Wildman–Crippen LogP) is 1.48. The molecule has 12 heavy (non-hydrogen) atoms. The molecular weight excluding hydrogens is 152 g/mol. The Kier molecular flexibility index (Phi) is 2.54. The van der Waals surface area contributed by atoms with Gasteiger partial charge in [-0.15, -0.1) is 0 Å². The van der Waals surface area contributed by atoms with Crippen LogP contribution < -0.4 is 10.5 Å². The third-order valence-electron chi connectivity index (χ3n) is 1.52. The Bertz CT molecular complexity index is 295. The van der Waals surface area contributed by atoms with Gasteiger partial charge in [-0.25, -0.2) is 0 Å². The van der Waals surface area contributed by atoms with Crippen molar-refractivity contribution in [3.8, 4) is 11.8 Å². The number of hydrogen-bond donors (Lipinski definition) is 1. The van der Waals surface area contributed by atoms with Crippen LogP contribution in [0.2, 0.25) is 0 Å². The fraction of sp³-hybridized carbons (Fsp3) is 0.222. The summed E-state index contributed by atoms with van der Waals surface area (Å²) in [5, 5.41) is 8.29. The van der Waals surface area contributed by atoms with Gasteiger partial charge in [-0.2, -0.15) is 5.26 Å². The minimum atomic E-state index is 0.0368. The van der Waals surface area contributed by atoms with Gasteiger partial charge in [0.1, 0.15) is 11.8 Å². The van der Waals surface area contributed by atoms with Crippen LogP contribution in [0, 0.1) is 18.3 Å². The Balaban J connectivity index is 2.90. The molecule has 0 saturated heterocycles. The van der Waals surface area contributed by atoms with Gasteiger partial charge in [-0.3, -0.25) is 0 Å². The molecule has 0 radical (unpaired) electrons. The van der Waals surface area contributed by atoms with E-state index in [1.807, 2.05) is 25.1 Å². The zero-order valence-corrected chi connectivity index (χ0v) is 6.87. The van der Waals surface area contributed by atoms with Crippen molar-refractivity contribution in [2.45, 2.75) is 6.92 Å². The highest BCUT2D eigenvalue weighted by molar-refractivity contribution is 5.56. The summed E-state index contributed by atoms with van der Waals surface area (Å²) in [5.41, 5.74) is 7.15. The topological polar surface area (TPSA) is 59.0 Å². The van der Waals surface area contributed by atoms with Gasteiger partial charge in [-0.1, -0.05) is 12.1 Å². The average Bonchev–Trinajstić information content (AvgIpc) is 2.04. The van der Waals surface area contributed by atoms with E-state index in [4.69, 9.17) is 15.7 Å². The van der Waals surface area contributed by atoms with Crippen molar-refractivity contribution in [3.05, 3.63) is 23.8 Å². The summed E-state index contributed by atoms with van der Waals surface area (Å²) in [6, 6.07) is 7.39. The molecule has 0 saturated carbocycles. The van der Waals surface area contributed by atoms with Gasteiger partial charge in [-0.05, 0) is 18.6 Å². The molecule has 1 rings (SSSR count). The molecule has 1 aromatic rings. The Morgan fingerprint density at radius 3 is 2.92 bits per heavy atom. The number of nitriles is 1. The zero-order valence-electron chi connectivity index (χ0n) is 6.87. The van der Waals surface area contributed by atoms with E-state index < -0.39 is 0 Å². The quantitative estimate of drug-likeness (QED) is 0.670. The average molecular weight is 162 g/mol. The van der Waals surface area contributed by atoms with E-state index in [0.29, 0.717) is 11.4 Å². The first kappa shape index (κ1) is 8.41. The number of aryl methyl sites for hydroxylation is 1. The fourth-order valence-electron chi connectivity index (χ4n) is 0.977. The summed E-state index contributed by atoms with van der Waals surface area (Å²) in [6.07, 6.45) is 0. The van der Waals surface area contributed by atoms with Gasteiger partial charge in [0, 0.05) is 0 Å². The predicted molar refractivity (Wildman–Crippen MR) is 46.7 cm³/mol. The van der Waals surface area contributed by atoms with Crippen LogP contribution >= 0.6 is 0 Å². The van der Waals surface area contributed by atoms with Crippen LogP contribution in [0.15, 0.2) is 18.2 Å². The Hall–Kier alpha value is -1.69. The number of nitrogens with two attached hydrogens (primary N) is 1. The normalized spacial score (nSPS) is 9.00. The summed E-state index contributed by atoms with van der Waals surface area (Å²) in [6.45, 7) is 1.93. The molecule has 0 bridgehead atoms. The molecule has 0 aromatic heterocycles. The van der Waals surface area contributed by atoms with E-state index >= 15 is 0 Å².